The third-order valence-electron chi connectivity index (χ3n) is 3.66. The van der Waals surface area contributed by atoms with Gasteiger partial charge in [-0.3, -0.25) is 9.10 Å². The maximum Gasteiger partial charge on any atom is 0.261 e. The zero-order chi connectivity index (χ0) is 18.4. The van der Waals surface area contributed by atoms with Gasteiger partial charge in [-0.25, -0.2) is 8.42 Å². The van der Waals surface area contributed by atoms with Crippen molar-refractivity contribution in [3.63, 3.8) is 0 Å². The Kier molecular flexibility index (Phi) is 6.08. The van der Waals surface area contributed by atoms with Gasteiger partial charge in [-0.1, -0.05) is 6.92 Å². The molecule has 0 aliphatic carbocycles. The number of ether oxygens (including phenoxy) is 1. The molecule has 1 amide bonds. The first-order valence-corrected chi connectivity index (χ1v) is 9.66. The maximum atomic E-state index is 12.2. The summed E-state index contributed by atoms with van der Waals surface area (Å²) in [6.07, 6.45) is 2.53. The summed E-state index contributed by atoms with van der Waals surface area (Å²) in [6.45, 7) is 2.15. The van der Waals surface area contributed by atoms with E-state index >= 15 is 0 Å². The molecule has 0 spiro atoms. The second-order valence-electron chi connectivity index (χ2n) is 5.54. The van der Waals surface area contributed by atoms with E-state index in [1.165, 1.54) is 11.4 Å². The molecule has 0 bridgehead atoms. The highest BCUT2D eigenvalue weighted by atomic mass is 32.2. The third-order valence-corrected chi connectivity index (χ3v) is 4.86. The van der Waals surface area contributed by atoms with Gasteiger partial charge in [0.05, 0.1) is 24.8 Å². The highest BCUT2D eigenvalue weighted by molar-refractivity contribution is 7.92. The van der Waals surface area contributed by atoms with Crippen molar-refractivity contribution in [2.45, 2.75) is 26.0 Å². The first kappa shape index (κ1) is 18.9. The average molecular weight is 366 g/mol. The predicted octanol–water partition coefficient (Wildman–Crippen LogP) is 2.15. The van der Waals surface area contributed by atoms with Crippen molar-refractivity contribution in [1.82, 2.24) is 5.32 Å². The lowest BCUT2D eigenvalue weighted by molar-refractivity contribution is -0.128. The third kappa shape index (κ3) is 5.25. The number of hydrogen-bond acceptors (Lipinski definition) is 5. The van der Waals surface area contributed by atoms with E-state index in [2.05, 4.69) is 5.32 Å². The van der Waals surface area contributed by atoms with Crippen molar-refractivity contribution in [2.24, 2.45) is 0 Å². The second kappa shape index (κ2) is 8.06. The van der Waals surface area contributed by atoms with E-state index in [-0.39, 0.29) is 5.91 Å². The second-order valence-corrected chi connectivity index (χ2v) is 7.55. The van der Waals surface area contributed by atoms with Crippen LogP contribution in [0.25, 0.3) is 0 Å². The minimum atomic E-state index is -3.32. The smallest absolute Gasteiger partial charge is 0.261 e. The number of benzene rings is 1. The normalized spacial score (nSPS) is 12.4. The fraction of sp³-hybridized carbons (Fsp3) is 0.353. The van der Waals surface area contributed by atoms with Crippen molar-refractivity contribution in [3.8, 4) is 5.75 Å². The van der Waals surface area contributed by atoms with Crippen LogP contribution in [0.2, 0.25) is 0 Å². The highest BCUT2D eigenvalue weighted by Gasteiger charge is 2.19. The zero-order valence-electron chi connectivity index (χ0n) is 14.4. The quantitative estimate of drug-likeness (QED) is 0.773. The molecule has 8 heteroatoms. The summed E-state index contributed by atoms with van der Waals surface area (Å²) in [5.74, 6) is 0.915. The van der Waals surface area contributed by atoms with Crippen LogP contribution in [0.15, 0.2) is 47.1 Å². The minimum absolute atomic E-state index is 0.240. The van der Waals surface area contributed by atoms with Crippen molar-refractivity contribution in [1.29, 1.82) is 0 Å². The van der Waals surface area contributed by atoms with Gasteiger partial charge in [-0.2, -0.15) is 0 Å². The summed E-state index contributed by atoms with van der Waals surface area (Å²) in [7, 11) is -1.84. The lowest BCUT2D eigenvalue weighted by Gasteiger charge is -2.19. The number of carbonyl (C=O) groups is 1. The number of sulfonamides is 1. The van der Waals surface area contributed by atoms with Crippen LogP contribution < -0.4 is 14.4 Å². The molecule has 25 heavy (non-hydrogen) atoms. The van der Waals surface area contributed by atoms with Gasteiger partial charge in [0.25, 0.3) is 5.91 Å². The molecule has 0 aliphatic heterocycles. The van der Waals surface area contributed by atoms with Gasteiger partial charge in [0.1, 0.15) is 11.5 Å². The maximum absolute atomic E-state index is 12.2. The largest absolute Gasteiger partial charge is 0.481 e. The molecule has 0 aliphatic rings. The standard InChI is InChI=1S/C17H22N2O5S/c1-4-16(17(20)18-12-15-6-5-11-23-15)24-14-9-7-13(8-10-14)19(2)25(3,21)22/h5-11,16H,4,12H2,1-3H3,(H,18,20). The molecule has 7 nitrogen and oxygen atoms in total. The molecule has 1 unspecified atom stereocenters. The Labute approximate surface area is 147 Å². The number of furan rings is 1. The molecule has 1 N–H and O–H groups in total. The van der Waals surface area contributed by atoms with Gasteiger partial charge in [-0.15, -0.1) is 0 Å². The SMILES string of the molecule is CCC(Oc1ccc(N(C)S(C)(=O)=O)cc1)C(=O)NCc1ccco1. The fourth-order valence-electron chi connectivity index (χ4n) is 2.11. The average Bonchev–Trinajstić information content (AvgIpc) is 3.10. The number of amides is 1. The zero-order valence-corrected chi connectivity index (χ0v) is 15.2. The number of carbonyl (C=O) groups excluding carboxylic acids is 1. The summed E-state index contributed by atoms with van der Waals surface area (Å²) in [5.41, 5.74) is 0.519. The number of nitrogens with one attached hydrogen (secondary N) is 1. The first-order valence-electron chi connectivity index (χ1n) is 7.82. The van der Waals surface area contributed by atoms with E-state index in [9.17, 15) is 13.2 Å². The van der Waals surface area contributed by atoms with Gasteiger partial charge < -0.3 is 14.5 Å². The molecule has 0 saturated carbocycles. The molecular formula is C17H22N2O5S. The van der Waals surface area contributed by atoms with Gasteiger partial charge in [0, 0.05) is 7.05 Å². The van der Waals surface area contributed by atoms with Crippen molar-refractivity contribution in [3.05, 3.63) is 48.4 Å². The Bertz CT molecular complexity index is 785. The van der Waals surface area contributed by atoms with E-state index in [0.717, 1.165) is 6.26 Å². The monoisotopic (exact) mass is 366 g/mol. The van der Waals surface area contributed by atoms with Gasteiger partial charge in [0.15, 0.2) is 6.10 Å². The number of anilines is 1. The minimum Gasteiger partial charge on any atom is -0.481 e. The van der Waals surface area contributed by atoms with Crippen LogP contribution in [0.5, 0.6) is 5.75 Å². The van der Waals surface area contributed by atoms with E-state index in [0.29, 0.717) is 30.2 Å². The molecule has 1 aromatic heterocycles. The van der Waals surface area contributed by atoms with Crippen molar-refractivity contribution < 1.29 is 22.4 Å². The highest BCUT2D eigenvalue weighted by Crippen LogP contribution is 2.21. The summed E-state index contributed by atoms with van der Waals surface area (Å²) in [4.78, 5) is 12.2. The van der Waals surface area contributed by atoms with E-state index < -0.39 is 16.1 Å². The number of hydrogen-bond donors (Lipinski definition) is 1. The van der Waals surface area contributed by atoms with Crippen LogP contribution in [0.3, 0.4) is 0 Å². The Hall–Kier alpha value is -2.48. The van der Waals surface area contributed by atoms with Crippen LogP contribution in [0.4, 0.5) is 5.69 Å². The molecule has 136 valence electrons. The Balaban J connectivity index is 1.97. The van der Waals surface area contributed by atoms with Crippen molar-refractivity contribution >= 4 is 21.6 Å². The van der Waals surface area contributed by atoms with Crippen LogP contribution in [0, 0.1) is 0 Å². The molecule has 0 fully saturated rings. The van der Waals surface area contributed by atoms with E-state index in [1.807, 2.05) is 6.92 Å². The molecule has 1 atom stereocenters. The summed E-state index contributed by atoms with van der Waals surface area (Å²) in [6, 6.07) is 10.1. The molecule has 2 rings (SSSR count). The Morgan fingerprint density at radius 1 is 1.28 bits per heavy atom. The molecule has 1 heterocycles. The summed E-state index contributed by atoms with van der Waals surface area (Å²) < 4.78 is 35.1. The summed E-state index contributed by atoms with van der Waals surface area (Å²) >= 11 is 0. The molecule has 2 aromatic rings. The lowest BCUT2D eigenvalue weighted by Crippen LogP contribution is -2.37. The van der Waals surface area contributed by atoms with Gasteiger partial charge in [-0.05, 0) is 42.8 Å². The molecule has 0 saturated heterocycles. The topological polar surface area (TPSA) is 88.8 Å². The Morgan fingerprint density at radius 3 is 2.48 bits per heavy atom. The fourth-order valence-corrected chi connectivity index (χ4v) is 2.62. The van der Waals surface area contributed by atoms with Gasteiger partial charge in [0.2, 0.25) is 10.0 Å². The summed E-state index contributed by atoms with van der Waals surface area (Å²) in [5, 5.41) is 2.76. The molecule has 1 aromatic carbocycles. The first-order chi connectivity index (χ1) is 11.8. The van der Waals surface area contributed by atoms with Crippen LogP contribution >= 0.6 is 0 Å². The van der Waals surface area contributed by atoms with Gasteiger partial charge >= 0.3 is 0 Å². The van der Waals surface area contributed by atoms with Crippen LogP contribution in [-0.2, 0) is 21.4 Å². The van der Waals surface area contributed by atoms with E-state index in [4.69, 9.17) is 9.15 Å². The van der Waals surface area contributed by atoms with Crippen molar-refractivity contribution in [2.75, 3.05) is 17.6 Å². The van der Waals surface area contributed by atoms with Crippen LogP contribution in [0.1, 0.15) is 19.1 Å². The van der Waals surface area contributed by atoms with Crippen LogP contribution in [-0.4, -0.2) is 33.7 Å². The predicted molar refractivity (Wildman–Crippen MR) is 95.0 cm³/mol. The van der Waals surface area contributed by atoms with E-state index in [1.54, 1.807) is 42.7 Å². The lowest BCUT2D eigenvalue weighted by atomic mass is 10.2. The molecular weight excluding hydrogens is 344 g/mol. The number of nitrogens with zero attached hydrogens (tertiary/aromatic N) is 1. The number of rotatable bonds is 8. The molecule has 0 radical (unpaired) electrons. The Morgan fingerprint density at radius 2 is 1.96 bits per heavy atom.